The molecule has 0 aliphatic heterocycles. The van der Waals surface area contributed by atoms with Crippen molar-refractivity contribution in [3.63, 3.8) is 0 Å². The molecule has 19 heavy (non-hydrogen) atoms. The molecule has 3 fully saturated rings. The Hall–Kier alpha value is -0.570. The molecule has 0 aromatic heterocycles. The summed E-state index contributed by atoms with van der Waals surface area (Å²) in [5, 5.41) is 12.9. The predicted octanol–water partition coefficient (Wildman–Crippen LogP) is 2.90. The summed E-state index contributed by atoms with van der Waals surface area (Å²) in [6, 6.07) is 0. The minimum absolute atomic E-state index is 0.0960. The molecule has 5 atom stereocenters. The Bertz CT molecular complexity index is 331. The minimum Gasteiger partial charge on any atom is -0.481 e. The molecular formula is C16H27NO2. The van der Waals surface area contributed by atoms with Gasteiger partial charge >= 0.3 is 5.97 Å². The highest BCUT2D eigenvalue weighted by molar-refractivity contribution is 5.70. The van der Waals surface area contributed by atoms with Crippen LogP contribution in [0.5, 0.6) is 0 Å². The quantitative estimate of drug-likeness (QED) is 0.803. The van der Waals surface area contributed by atoms with E-state index in [2.05, 4.69) is 5.32 Å². The number of hydrogen-bond donors (Lipinski definition) is 2. The summed E-state index contributed by atoms with van der Waals surface area (Å²) in [6.07, 6.45) is 10.1. The molecule has 0 aromatic rings. The molecule has 3 rings (SSSR count). The van der Waals surface area contributed by atoms with Crippen molar-refractivity contribution < 1.29 is 9.90 Å². The van der Waals surface area contributed by atoms with Crippen molar-refractivity contribution in [2.75, 3.05) is 13.1 Å². The van der Waals surface area contributed by atoms with Gasteiger partial charge in [0.15, 0.2) is 0 Å². The van der Waals surface area contributed by atoms with Gasteiger partial charge in [-0.25, -0.2) is 0 Å². The second-order valence-corrected chi connectivity index (χ2v) is 7.08. The van der Waals surface area contributed by atoms with Crippen LogP contribution in [0.4, 0.5) is 0 Å². The molecule has 0 heterocycles. The summed E-state index contributed by atoms with van der Waals surface area (Å²) in [6.45, 7) is 2.05. The maximum atomic E-state index is 11.3. The number of nitrogens with one attached hydrogen (secondary N) is 1. The topological polar surface area (TPSA) is 49.3 Å². The molecule has 0 amide bonds. The Morgan fingerprint density at radius 2 is 1.79 bits per heavy atom. The molecule has 3 aliphatic rings. The van der Waals surface area contributed by atoms with Crippen LogP contribution in [-0.4, -0.2) is 24.2 Å². The van der Waals surface area contributed by atoms with Crippen molar-refractivity contribution in [3.05, 3.63) is 0 Å². The third-order valence-corrected chi connectivity index (χ3v) is 5.92. The highest BCUT2D eigenvalue weighted by Gasteiger charge is 2.39. The number of rotatable bonds is 5. The van der Waals surface area contributed by atoms with Crippen LogP contribution in [0.25, 0.3) is 0 Å². The lowest BCUT2D eigenvalue weighted by Gasteiger charge is -2.30. The summed E-state index contributed by atoms with van der Waals surface area (Å²) in [5.74, 6) is 2.56. The van der Waals surface area contributed by atoms with E-state index in [0.717, 1.165) is 50.1 Å². The van der Waals surface area contributed by atoms with Crippen LogP contribution in [0.2, 0.25) is 0 Å². The van der Waals surface area contributed by atoms with Crippen molar-refractivity contribution >= 4 is 5.97 Å². The number of aliphatic carboxylic acids is 1. The third-order valence-electron chi connectivity index (χ3n) is 5.92. The van der Waals surface area contributed by atoms with E-state index in [1.54, 1.807) is 0 Å². The zero-order valence-electron chi connectivity index (χ0n) is 11.8. The summed E-state index contributed by atoms with van der Waals surface area (Å²) >= 11 is 0. The Labute approximate surface area is 116 Å². The number of carboxylic acid groups (broad SMARTS) is 1. The maximum absolute atomic E-state index is 11.3. The maximum Gasteiger partial charge on any atom is 0.306 e. The van der Waals surface area contributed by atoms with Gasteiger partial charge < -0.3 is 10.4 Å². The van der Waals surface area contributed by atoms with Gasteiger partial charge in [0.25, 0.3) is 0 Å². The predicted molar refractivity (Wildman–Crippen MR) is 74.9 cm³/mol. The molecule has 5 unspecified atom stereocenters. The van der Waals surface area contributed by atoms with Gasteiger partial charge in [-0.3, -0.25) is 4.79 Å². The van der Waals surface area contributed by atoms with Crippen LogP contribution in [0.15, 0.2) is 0 Å². The Kier molecular flexibility index (Phi) is 4.11. The van der Waals surface area contributed by atoms with Gasteiger partial charge in [-0.15, -0.1) is 0 Å². The van der Waals surface area contributed by atoms with Gasteiger partial charge in [0, 0.05) is 0 Å². The average molecular weight is 265 g/mol. The van der Waals surface area contributed by atoms with Crippen molar-refractivity contribution in [3.8, 4) is 0 Å². The van der Waals surface area contributed by atoms with Crippen LogP contribution < -0.4 is 5.32 Å². The zero-order chi connectivity index (χ0) is 13.2. The van der Waals surface area contributed by atoms with E-state index < -0.39 is 5.97 Å². The van der Waals surface area contributed by atoms with E-state index >= 15 is 0 Å². The van der Waals surface area contributed by atoms with Gasteiger partial charge in [0.1, 0.15) is 0 Å². The molecule has 108 valence electrons. The summed E-state index contributed by atoms with van der Waals surface area (Å²) < 4.78 is 0. The standard InChI is InChI=1S/C16H27NO2/c18-16(19)15-4-2-1-3-13(15)9-17-10-14-8-11-5-6-12(14)7-11/h11-15,17H,1-10H2,(H,18,19). The molecule has 2 bridgehead atoms. The lowest BCUT2D eigenvalue weighted by molar-refractivity contribution is -0.144. The molecule has 3 saturated carbocycles. The monoisotopic (exact) mass is 265 g/mol. The first kappa shape index (κ1) is 13.4. The lowest BCUT2D eigenvalue weighted by atomic mass is 9.79. The molecule has 3 nitrogen and oxygen atoms in total. The largest absolute Gasteiger partial charge is 0.481 e. The van der Waals surface area contributed by atoms with Gasteiger partial charge in [-0.05, 0) is 68.9 Å². The molecule has 3 heteroatoms. The number of carbonyl (C=O) groups is 1. The third kappa shape index (κ3) is 2.96. The van der Waals surface area contributed by atoms with E-state index in [1.807, 2.05) is 0 Å². The fraction of sp³-hybridized carbons (Fsp3) is 0.938. The minimum atomic E-state index is -0.577. The van der Waals surface area contributed by atoms with Gasteiger partial charge in [-0.2, -0.15) is 0 Å². The summed E-state index contributed by atoms with van der Waals surface area (Å²) in [5.41, 5.74) is 0. The lowest BCUT2D eigenvalue weighted by Crippen LogP contribution is -2.37. The molecular weight excluding hydrogens is 238 g/mol. The van der Waals surface area contributed by atoms with Crippen molar-refractivity contribution in [2.45, 2.75) is 51.4 Å². The van der Waals surface area contributed by atoms with Crippen molar-refractivity contribution in [2.24, 2.45) is 29.6 Å². The van der Waals surface area contributed by atoms with Crippen molar-refractivity contribution in [1.29, 1.82) is 0 Å². The van der Waals surface area contributed by atoms with Crippen LogP contribution in [0.1, 0.15) is 51.4 Å². The van der Waals surface area contributed by atoms with E-state index in [-0.39, 0.29) is 5.92 Å². The van der Waals surface area contributed by atoms with E-state index in [0.29, 0.717) is 5.92 Å². The highest BCUT2D eigenvalue weighted by Crippen LogP contribution is 2.47. The number of hydrogen-bond acceptors (Lipinski definition) is 2. The molecule has 3 aliphatic carbocycles. The SMILES string of the molecule is O=C(O)C1CCCCC1CNCC1CC2CCC1C2. The highest BCUT2D eigenvalue weighted by atomic mass is 16.4. The average Bonchev–Trinajstić information content (AvgIpc) is 3.01. The Morgan fingerprint density at radius 1 is 1.00 bits per heavy atom. The van der Waals surface area contributed by atoms with E-state index in [4.69, 9.17) is 0 Å². The second kappa shape index (κ2) is 5.82. The van der Waals surface area contributed by atoms with E-state index in [9.17, 15) is 9.90 Å². The van der Waals surface area contributed by atoms with Crippen LogP contribution in [0, 0.1) is 29.6 Å². The van der Waals surface area contributed by atoms with Crippen LogP contribution >= 0.6 is 0 Å². The van der Waals surface area contributed by atoms with E-state index in [1.165, 1.54) is 32.1 Å². The molecule has 0 spiro atoms. The Balaban J connectivity index is 1.42. The smallest absolute Gasteiger partial charge is 0.306 e. The van der Waals surface area contributed by atoms with Crippen LogP contribution in [0.3, 0.4) is 0 Å². The van der Waals surface area contributed by atoms with Gasteiger partial charge in [0.05, 0.1) is 5.92 Å². The van der Waals surface area contributed by atoms with Crippen molar-refractivity contribution in [1.82, 2.24) is 5.32 Å². The first-order chi connectivity index (χ1) is 9.24. The number of fused-ring (bicyclic) bond motifs is 2. The molecule has 0 saturated heterocycles. The fourth-order valence-corrected chi connectivity index (χ4v) is 4.86. The first-order valence-corrected chi connectivity index (χ1v) is 8.17. The Morgan fingerprint density at radius 3 is 2.47 bits per heavy atom. The molecule has 2 N–H and O–H groups in total. The molecule has 0 aromatic carbocycles. The fourth-order valence-electron chi connectivity index (χ4n) is 4.86. The summed E-state index contributed by atoms with van der Waals surface area (Å²) in [7, 11) is 0. The second-order valence-electron chi connectivity index (χ2n) is 7.08. The van der Waals surface area contributed by atoms with Gasteiger partial charge in [0.2, 0.25) is 0 Å². The van der Waals surface area contributed by atoms with Gasteiger partial charge in [-0.1, -0.05) is 19.3 Å². The van der Waals surface area contributed by atoms with Crippen LogP contribution in [-0.2, 0) is 4.79 Å². The summed E-state index contributed by atoms with van der Waals surface area (Å²) in [4.78, 5) is 11.3. The molecule has 0 radical (unpaired) electrons. The normalized spacial score (nSPS) is 41.6. The zero-order valence-corrected chi connectivity index (χ0v) is 11.8. The number of carboxylic acids is 1. The first-order valence-electron chi connectivity index (χ1n) is 8.17.